The number of aliphatic carboxylic acids is 1. The van der Waals surface area contributed by atoms with Gasteiger partial charge in [0, 0.05) is 11.6 Å². The lowest BCUT2D eigenvalue weighted by Gasteiger charge is -1.97. The fraction of sp³-hybridized carbons (Fsp3) is 0.333. The van der Waals surface area contributed by atoms with Crippen LogP contribution in [-0.2, 0) is 14.3 Å². The zero-order valence-corrected chi connectivity index (χ0v) is 6.59. The first-order valence-corrected chi connectivity index (χ1v) is 3.25. The Morgan fingerprint density at radius 2 is 2.18 bits per heavy atom. The van der Waals surface area contributed by atoms with Gasteiger partial charge in [-0.2, -0.15) is 0 Å². The number of rotatable bonds is 3. The van der Waals surface area contributed by atoms with E-state index in [4.69, 9.17) is 16.7 Å². The van der Waals surface area contributed by atoms with E-state index < -0.39 is 11.9 Å². The van der Waals surface area contributed by atoms with Crippen LogP contribution in [0.15, 0.2) is 11.6 Å². The second kappa shape index (κ2) is 4.73. The highest BCUT2D eigenvalue weighted by Gasteiger charge is 2.05. The van der Waals surface area contributed by atoms with Gasteiger partial charge >= 0.3 is 11.9 Å². The number of carboxylic acids is 1. The van der Waals surface area contributed by atoms with Gasteiger partial charge in [-0.3, -0.25) is 0 Å². The Hall–Kier alpha value is -1.03. The summed E-state index contributed by atoms with van der Waals surface area (Å²) in [4.78, 5) is 20.6. The third-order valence-electron chi connectivity index (χ3n) is 0.848. The molecule has 0 aromatic heterocycles. The molecule has 1 N–H and O–H groups in total. The Bertz CT molecular complexity index is 197. The highest BCUT2D eigenvalue weighted by molar-refractivity contribution is 6.17. The molecule has 62 valence electrons. The molecule has 0 saturated carbocycles. The molecule has 0 aliphatic heterocycles. The van der Waals surface area contributed by atoms with Crippen molar-refractivity contribution in [3.05, 3.63) is 11.6 Å². The zero-order valence-electron chi connectivity index (χ0n) is 5.83. The maximum Gasteiger partial charge on any atom is 0.335 e. The predicted molar refractivity (Wildman–Crippen MR) is 38.2 cm³/mol. The Morgan fingerprint density at radius 3 is 2.55 bits per heavy atom. The average molecular weight is 179 g/mol. The molecule has 0 radical (unpaired) electrons. The van der Waals surface area contributed by atoms with Crippen molar-refractivity contribution in [1.82, 2.24) is 0 Å². The summed E-state index contributed by atoms with van der Waals surface area (Å²) in [5.41, 5.74) is 0.0122. The number of carbonyl (C=O) groups excluding carboxylic acids is 1. The van der Waals surface area contributed by atoms with Crippen LogP contribution in [-0.4, -0.2) is 23.1 Å². The van der Waals surface area contributed by atoms with Gasteiger partial charge < -0.3 is 9.84 Å². The topological polar surface area (TPSA) is 63.6 Å². The quantitative estimate of drug-likeness (QED) is 0.394. The monoisotopic (exact) mass is 178 g/mol. The number of carboxylic acid groups (broad SMARTS) is 1. The summed E-state index contributed by atoms with van der Waals surface area (Å²) < 4.78 is 4.30. The fourth-order valence-corrected chi connectivity index (χ4v) is 0.507. The summed E-state index contributed by atoms with van der Waals surface area (Å²) in [6.07, 6.45) is 0.759. The van der Waals surface area contributed by atoms with Crippen molar-refractivity contribution in [2.24, 2.45) is 0 Å². The summed E-state index contributed by atoms with van der Waals surface area (Å²) in [5.74, 6) is -1.91. The van der Waals surface area contributed by atoms with Crippen LogP contribution in [0, 0.1) is 0 Å². The lowest BCUT2D eigenvalue weighted by atomic mass is 10.3. The average Bonchev–Trinajstić information content (AvgIpc) is 1.86. The van der Waals surface area contributed by atoms with Gasteiger partial charge in [-0.15, -0.1) is 0 Å². The van der Waals surface area contributed by atoms with Crippen LogP contribution in [0.25, 0.3) is 0 Å². The van der Waals surface area contributed by atoms with Crippen LogP contribution in [0.3, 0.4) is 0 Å². The van der Waals surface area contributed by atoms with Gasteiger partial charge in [-0.1, -0.05) is 11.6 Å². The largest absolute Gasteiger partial charge is 0.478 e. The maximum absolute atomic E-state index is 10.6. The van der Waals surface area contributed by atoms with Crippen molar-refractivity contribution in [2.45, 2.75) is 6.92 Å². The lowest BCUT2D eigenvalue weighted by molar-refractivity contribution is -0.138. The van der Waals surface area contributed by atoms with Crippen molar-refractivity contribution in [3.63, 3.8) is 0 Å². The fourth-order valence-electron chi connectivity index (χ4n) is 0.408. The second-order valence-corrected chi connectivity index (χ2v) is 1.92. The molecular formula is C6H7ClO4. The van der Waals surface area contributed by atoms with Gasteiger partial charge in [0.05, 0.1) is 0 Å². The van der Waals surface area contributed by atoms with Gasteiger partial charge in [0.1, 0.15) is 0 Å². The smallest absolute Gasteiger partial charge is 0.335 e. The molecule has 0 aliphatic rings. The molecule has 0 heterocycles. The molecule has 0 rings (SSSR count). The minimum absolute atomic E-state index is 0.0122. The Morgan fingerprint density at radius 1 is 1.64 bits per heavy atom. The minimum atomic E-state index is -1.19. The maximum atomic E-state index is 10.6. The van der Waals surface area contributed by atoms with E-state index in [2.05, 4.69) is 4.74 Å². The van der Waals surface area contributed by atoms with Gasteiger partial charge in [-0.05, 0) is 6.92 Å². The van der Waals surface area contributed by atoms with Crippen LogP contribution in [0.1, 0.15) is 6.92 Å². The third kappa shape index (κ3) is 4.38. The molecule has 0 bridgehead atoms. The summed E-state index contributed by atoms with van der Waals surface area (Å²) >= 11 is 5.06. The molecule has 0 aromatic rings. The van der Waals surface area contributed by atoms with Crippen LogP contribution < -0.4 is 0 Å². The number of halogens is 1. The lowest BCUT2D eigenvalue weighted by Crippen LogP contribution is -2.05. The normalized spacial score (nSPS) is 10.9. The highest BCUT2D eigenvalue weighted by atomic mass is 35.5. The number of carbonyl (C=O) groups is 2. The molecule has 0 amide bonds. The minimum Gasteiger partial charge on any atom is -0.478 e. The molecule has 0 aliphatic carbocycles. The first-order valence-electron chi connectivity index (χ1n) is 2.72. The van der Waals surface area contributed by atoms with Gasteiger partial charge in [0.15, 0.2) is 6.07 Å². The van der Waals surface area contributed by atoms with Crippen LogP contribution in [0.2, 0.25) is 0 Å². The van der Waals surface area contributed by atoms with Crippen molar-refractivity contribution >= 4 is 23.5 Å². The number of alkyl halides is 1. The van der Waals surface area contributed by atoms with Crippen molar-refractivity contribution in [3.8, 4) is 0 Å². The summed E-state index contributed by atoms with van der Waals surface area (Å²) in [5, 5.41) is 8.18. The SMILES string of the molecule is C/C(=C/C(=O)O)C(=O)OCCl. The summed E-state index contributed by atoms with van der Waals surface area (Å²) in [6.45, 7) is 1.34. The standard InChI is InChI=1S/C6H7ClO4/c1-4(2-5(8)9)6(10)11-3-7/h2H,3H2,1H3,(H,8,9)/b4-2-. The number of hydrogen-bond acceptors (Lipinski definition) is 3. The van der Waals surface area contributed by atoms with Crippen LogP contribution in [0.5, 0.6) is 0 Å². The zero-order chi connectivity index (χ0) is 8.85. The Balaban J connectivity index is 4.12. The molecule has 0 saturated heterocycles. The first kappa shape index (κ1) is 9.97. The van der Waals surface area contributed by atoms with E-state index in [1.165, 1.54) is 6.92 Å². The number of esters is 1. The third-order valence-corrected chi connectivity index (χ3v) is 0.957. The van der Waals surface area contributed by atoms with Crippen LogP contribution in [0.4, 0.5) is 0 Å². The molecule has 0 spiro atoms. The van der Waals surface area contributed by atoms with E-state index in [-0.39, 0.29) is 11.6 Å². The predicted octanol–water partition coefficient (Wildman–Crippen LogP) is 0.757. The van der Waals surface area contributed by atoms with E-state index in [0.29, 0.717) is 0 Å². The van der Waals surface area contributed by atoms with E-state index in [1.807, 2.05) is 0 Å². The summed E-state index contributed by atoms with van der Waals surface area (Å²) in [6, 6.07) is -0.274. The molecule has 0 atom stereocenters. The molecule has 0 unspecified atom stereocenters. The van der Waals surface area contributed by atoms with Crippen molar-refractivity contribution < 1.29 is 19.4 Å². The molecule has 11 heavy (non-hydrogen) atoms. The van der Waals surface area contributed by atoms with Crippen molar-refractivity contribution in [1.29, 1.82) is 0 Å². The van der Waals surface area contributed by atoms with E-state index in [1.54, 1.807) is 0 Å². The Kier molecular flexibility index (Phi) is 4.29. The van der Waals surface area contributed by atoms with E-state index in [9.17, 15) is 9.59 Å². The molecule has 0 aromatic carbocycles. The van der Waals surface area contributed by atoms with Crippen LogP contribution >= 0.6 is 11.6 Å². The molecule has 0 fully saturated rings. The van der Waals surface area contributed by atoms with E-state index >= 15 is 0 Å². The highest BCUT2D eigenvalue weighted by Crippen LogP contribution is 1.96. The first-order chi connectivity index (χ1) is 5.07. The Labute approximate surface area is 68.4 Å². The number of ether oxygens (including phenoxy) is 1. The number of hydrogen-bond donors (Lipinski definition) is 1. The second-order valence-electron chi connectivity index (χ2n) is 1.71. The summed E-state index contributed by atoms with van der Waals surface area (Å²) in [7, 11) is 0. The van der Waals surface area contributed by atoms with Crippen molar-refractivity contribution in [2.75, 3.05) is 6.07 Å². The van der Waals surface area contributed by atoms with E-state index in [0.717, 1.165) is 6.08 Å². The van der Waals surface area contributed by atoms with Gasteiger partial charge in [0.25, 0.3) is 0 Å². The molecular weight excluding hydrogens is 172 g/mol. The molecule has 4 nitrogen and oxygen atoms in total. The van der Waals surface area contributed by atoms with Gasteiger partial charge in [-0.25, -0.2) is 9.59 Å². The molecule has 5 heteroatoms. The van der Waals surface area contributed by atoms with Gasteiger partial charge in [0.2, 0.25) is 0 Å².